The fourth-order valence-electron chi connectivity index (χ4n) is 12.6. The average molecular weight is 1800 g/mol. The molecule has 31 nitrogen and oxygen atoms in total. The highest BCUT2D eigenvalue weighted by atomic mass is 35.5. The van der Waals surface area contributed by atoms with E-state index in [9.17, 15) is 41.8 Å². The Bertz CT molecular complexity index is 5960. The molecule has 6 heterocycles. The predicted molar refractivity (Wildman–Crippen MR) is 506 cm³/mol. The van der Waals surface area contributed by atoms with Crippen molar-refractivity contribution in [2.24, 2.45) is 11.8 Å². The number of anilines is 20. The number of halogens is 5. The van der Waals surface area contributed by atoms with Gasteiger partial charge in [0.05, 0.1) is 55.7 Å². The van der Waals surface area contributed by atoms with Crippen molar-refractivity contribution in [1.29, 1.82) is 0 Å². The molecule has 131 heavy (non-hydrogen) atoms. The summed E-state index contributed by atoms with van der Waals surface area (Å²) in [7, 11) is 5.79. The maximum atomic E-state index is 14.4. The predicted octanol–water partition coefficient (Wildman–Crippen LogP) is 19.2. The number of benzene rings is 8. The van der Waals surface area contributed by atoms with Gasteiger partial charge in [-0.1, -0.05) is 74.3 Å². The Morgan fingerprint density at radius 2 is 0.740 bits per heavy atom. The number of nitrogens with zero attached hydrogens (tertiary/aromatic N) is 10. The summed E-state index contributed by atoms with van der Waals surface area (Å²) in [6.07, 6.45) is 13.6. The fourth-order valence-corrected chi connectivity index (χ4v) is 12.8. The second kappa shape index (κ2) is 47.8. The van der Waals surface area contributed by atoms with Crippen molar-refractivity contribution in [2.75, 3.05) is 131 Å². The van der Waals surface area contributed by atoms with Crippen LogP contribution in [-0.4, -0.2) is 151 Å². The van der Waals surface area contributed by atoms with Crippen LogP contribution in [0.5, 0.6) is 23.0 Å². The van der Waals surface area contributed by atoms with Gasteiger partial charge in [-0.3, -0.25) is 19.2 Å². The minimum absolute atomic E-state index is 0.00326. The van der Waals surface area contributed by atoms with E-state index in [4.69, 9.17) is 30.5 Å². The molecule has 1 atom stereocenters. The number of amides is 4. The number of rotatable bonds is 34. The number of carbonyl (C=O) groups is 4. The van der Waals surface area contributed by atoms with Crippen molar-refractivity contribution in [3.05, 3.63) is 292 Å². The Kier molecular flexibility index (Phi) is 35.1. The number of nitrogens with one attached hydrogen (secondary N) is 12. The Hall–Kier alpha value is -15.6. The van der Waals surface area contributed by atoms with E-state index in [-0.39, 0.29) is 77.3 Å². The van der Waals surface area contributed by atoms with Gasteiger partial charge < -0.3 is 97.7 Å². The third kappa shape index (κ3) is 31.7. The van der Waals surface area contributed by atoms with E-state index in [1.807, 2.05) is 48.5 Å². The van der Waals surface area contributed by atoms with Crippen LogP contribution in [0, 0.1) is 35.1 Å². The molecule has 1 unspecified atom stereocenters. The average Bonchev–Trinajstić information content (AvgIpc) is 0.835. The van der Waals surface area contributed by atoms with E-state index in [0.29, 0.717) is 98.4 Å². The van der Waals surface area contributed by atoms with Gasteiger partial charge in [0.15, 0.2) is 46.5 Å². The molecule has 36 heteroatoms. The lowest BCUT2D eigenvalue weighted by Gasteiger charge is -2.29. The molecule has 2 aliphatic rings. The van der Waals surface area contributed by atoms with Gasteiger partial charge in [-0.2, -0.15) is 19.9 Å². The topological polar surface area (TPSA) is 379 Å². The van der Waals surface area contributed by atoms with Gasteiger partial charge in [-0.25, -0.2) is 37.5 Å². The highest BCUT2D eigenvalue weighted by Crippen LogP contribution is 2.34. The molecule has 0 saturated carbocycles. The summed E-state index contributed by atoms with van der Waals surface area (Å²) in [5.41, 5.74) is 6.15. The first kappa shape index (κ1) is 96.1. The maximum absolute atomic E-state index is 14.4. The molecule has 0 aliphatic carbocycles. The summed E-state index contributed by atoms with van der Waals surface area (Å²) in [6, 6.07) is 54.4. The Balaban J connectivity index is 0.000000169. The Labute approximate surface area is 759 Å². The van der Waals surface area contributed by atoms with Crippen LogP contribution in [0.25, 0.3) is 0 Å². The number of ether oxygens (including phenoxy) is 4. The molecule has 0 radical (unpaired) electrons. The molecule has 2 fully saturated rings. The Morgan fingerprint density at radius 3 is 1.09 bits per heavy atom. The first-order valence-electron chi connectivity index (χ1n) is 41.2. The van der Waals surface area contributed by atoms with Gasteiger partial charge in [0.1, 0.15) is 29.6 Å². The highest BCUT2D eigenvalue weighted by Gasteiger charge is 2.22. The number of likely N-dealkylation sites (tertiary alicyclic amines) is 2. The van der Waals surface area contributed by atoms with Gasteiger partial charge in [-0.15, -0.1) is 0 Å². The molecule has 14 rings (SSSR count). The van der Waals surface area contributed by atoms with Gasteiger partial charge in [0.25, 0.3) is 0 Å². The van der Waals surface area contributed by atoms with Crippen molar-refractivity contribution < 1.29 is 60.8 Å². The molecule has 2 saturated heterocycles. The summed E-state index contributed by atoms with van der Waals surface area (Å²) in [5, 5.41) is 44.6. The molecular formula is C95H99ClF4N22O9. The Morgan fingerprint density at radius 1 is 0.412 bits per heavy atom. The first-order valence-corrected chi connectivity index (χ1v) is 41.6. The van der Waals surface area contributed by atoms with E-state index in [0.717, 1.165) is 98.8 Å². The van der Waals surface area contributed by atoms with Crippen LogP contribution in [0.2, 0.25) is 5.02 Å². The zero-order chi connectivity index (χ0) is 93.2. The van der Waals surface area contributed by atoms with Crippen molar-refractivity contribution in [1.82, 2.24) is 49.7 Å². The summed E-state index contributed by atoms with van der Waals surface area (Å²) in [6.45, 7) is 22.9. The molecular weight excluding hydrogens is 1700 g/mol. The molecule has 13 N–H and O–H groups in total. The molecule has 2 aliphatic heterocycles. The van der Waals surface area contributed by atoms with Crippen LogP contribution in [0.1, 0.15) is 39.5 Å². The monoisotopic (exact) mass is 1800 g/mol. The lowest BCUT2D eigenvalue weighted by Crippen LogP contribution is -2.34. The summed E-state index contributed by atoms with van der Waals surface area (Å²) in [5.74, 6) is 0.601. The SMILES string of the molecule is C=CC(=O)Nc1cccc(Nc2nc(Nc3ccc(Cl)c(OC)c3)ncc2F)c1.C=CC(=O)Nc1cccc(Nc2nc(Nc3ccc(OCC(C)(C)O)cc3)ncc2F)c1.C=CC(=O)Nc1cccc(Nc2nc(Nc3cccc(OCC4CCCN(C)C4)c3)ncc2F)c1.C=CC(=O)Nc1cccc(Nc2nc(Nc3cccc(OCC4CCN(C)CC4)c3)ncc2F)c1. The van der Waals surface area contributed by atoms with E-state index in [1.165, 1.54) is 32.1 Å². The second-order valence-corrected chi connectivity index (χ2v) is 30.7. The number of hydrogen-bond donors (Lipinski definition) is 13. The lowest BCUT2D eigenvalue weighted by molar-refractivity contribution is -0.112. The molecule has 4 aromatic heterocycles. The third-order valence-electron chi connectivity index (χ3n) is 19.1. The molecule has 4 amide bonds. The van der Waals surface area contributed by atoms with Gasteiger partial charge in [-0.05, 0) is 237 Å². The van der Waals surface area contributed by atoms with Crippen LogP contribution in [0.3, 0.4) is 0 Å². The number of piperidine rings is 2. The van der Waals surface area contributed by atoms with Gasteiger partial charge in [0, 0.05) is 98.9 Å². The van der Waals surface area contributed by atoms with Crippen LogP contribution in [0.15, 0.2) is 263 Å². The van der Waals surface area contributed by atoms with Gasteiger partial charge >= 0.3 is 0 Å². The van der Waals surface area contributed by atoms with Crippen LogP contribution < -0.4 is 82.7 Å². The summed E-state index contributed by atoms with van der Waals surface area (Å²) < 4.78 is 80.0. The van der Waals surface area contributed by atoms with E-state index in [2.05, 4.69) is 154 Å². The number of carbonyl (C=O) groups excluding carboxylic acids is 4. The molecule has 12 aromatic rings. The van der Waals surface area contributed by atoms with Crippen LogP contribution >= 0.6 is 11.6 Å². The van der Waals surface area contributed by atoms with E-state index < -0.39 is 28.9 Å². The van der Waals surface area contributed by atoms with Crippen molar-refractivity contribution in [3.63, 3.8) is 0 Å². The minimum atomic E-state index is -0.932. The number of methoxy groups -OCH3 is 1. The van der Waals surface area contributed by atoms with Crippen molar-refractivity contribution in [3.8, 4) is 23.0 Å². The highest BCUT2D eigenvalue weighted by molar-refractivity contribution is 6.32. The normalized spacial score (nSPS) is 12.9. The maximum Gasteiger partial charge on any atom is 0.247 e. The zero-order valence-electron chi connectivity index (χ0n) is 72.4. The summed E-state index contributed by atoms with van der Waals surface area (Å²) >= 11 is 6.01. The van der Waals surface area contributed by atoms with Crippen LogP contribution in [0.4, 0.5) is 133 Å². The first-order chi connectivity index (χ1) is 63.1. The van der Waals surface area contributed by atoms with E-state index >= 15 is 0 Å². The van der Waals surface area contributed by atoms with E-state index in [1.54, 1.807) is 153 Å². The lowest BCUT2D eigenvalue weighted by atomic mass is 9.98. The van der Waals surface area contributed by atoms with Gasteiger partial charge in [0.2, 0.25) is 47.4 Å². The number of aromatic nitrogens is 8. The number of hydrogen-bond acceptors (Lipinski definition) is 27. The molecule has 0 spiro atoms. The van der Waals surface area contributed by atoms with Crippen molar-refractivity contribution in [2.45, 2.75) is 45.1 Å². The summed E-state index contributed by atoms with van der Waals surface area (Å²) in [4.78, 5) is 83.5. The smallest absolute Gasteiger partial charge is 0.247 e. The van der Waals surface area contributed by atoms with Crippen molar-refractivity contribution >= 4 is 151 Å². The quantitative estimate of drug-likeness (QED) is 0.0132. The molecule has 8 aromatic carbocycles. The number of aliphatic hydroxyl groups is 1. The van der Waals surface area contributed by atoms with Crippen LogP contribution in [-0.2, 0) is 19.2 Å². The standard InChI is InChI=1S/2C26H29FN6O2.C23H24FN5O3.C20H17ClFN5O2/c1-3-24(34)29-19-8-4-9-20(13-19)30-25-23(27)15-28-26(32-25)31-21-10-5-11-22(14-21)35-17-18-7-6-12-33(2)16-18;1-3-24(34)29-19-6-4-7-20(14-19)30-25-23(27)16-28-26(32-25)31-21-8-5-9-22(15-21)35-17-18-10-12-33(2)13-11-18;1-4-20(30)26-16-6-5-7-17(12-16)27-21-19(24)13-25-22(29-21)28-15-8-10-18(11-9-15)32-14-23(2,3)31;1-3-18(28)24-12-5-4-6-13(9-12)25-19-16(22)11-23-20(27-19)26-14-7-8-15(21)17(10-14)29-2/h3-5,8-11,13-15,18H,1,6-7,12,16-17H2,2H3,(H,29,34)(H2,28,30,31,32);3-9,14-16,18H,1,10-13,17H2,2H3,(H,29,34)(H2,28,30,31,32);4-13,31H,1,14H2,2-3H3,(H,26,30)(H2,25,27,28,29);3-11H,1H2,2H3,(H,24,28)(H2,23,25,26,27). The fraction of sp³-hybridized carbons (Fsp3) is 0.200. The second-order valence-electron chi connectivity index (χ2n) is 30.3. The largest absolute Gasteiger partial charge is 0.495 e. The minimum Gasteiger partial charge on any atom is -0.495 e. The molecule has 678 valence electrons. The molecule has 0 bridgehead atoms. The zero-order valence-corrected chi connectivity index (χ0v) is 73.1. The third-order valence-corrected chi connectivity index (χ3v) is 19.4.